The summed E-state index contributed by atoms with van der Waals surface area (Å²) in [6, 6.07) is 108. The van der Waals surface area contributed by atoms with Crippen LogP contribution in [0.5, 0.6) is 0 Å². The zero-order chi connectivity index (χ0) is 54.6. The number of furan rings is 3. The normalized spacial score (nSPS) is 13.8. The molecule has 3 heterocycles. The maximum absolute atomic E-state index is 6.64. The fourth-order valence-corrected chi connectivity index (χ4v) is 13.7. The van der Waals surface area contributed by atoms with E-state index in [1.807, 2.05) is 30.3 Å². The fourth-order valence-electron chi connectivity index (χ4n) is 13.7. The van der Waals surface area contributed by atoms with Gasteiger partial charge in [-0.2, -0.15) is 0 Å². The maximum Gasteiger partial charge on any atom is 0.143 e. The minimum Gasteiger partial charge on any atom is -0.455 e. The van der Waals surface area contributed by atoms with Crippen LogP contribution >= 0.6 is 0 Å². The van der Waals surface area contributed by atoms with Gasteiger partial charge in [0, 0.05) is 65.9 Å². The van der Waals surface area contributed by atoms with Crippen molar-refractivity contribution < 1.29 is 13.3 Å². The molecule has 0 bridgehead atoms. The summed E-state index contributed by atoms with van der Waals surface area (Å²) in [4.78, 5) is 2.46. The molecule has 0 N–H and O–H groups in total. The van der Waals surface area contributed by atoms with Crippen LogP contribution in [0.25, 0.3) is 121 Å². The number of hydrogen-bond donors (Lipinski definition) is 0. The first-order valence-electron chi connectivity index (χ1n) is 28.4. The minimum absolute atomic E-state index is 0.784. The van der Waals surface area contributed by atoms with Crippen LogP contribution in [-0.2, 0) is 5.41 Å². The van der Waals surface area contributed by atoms with Crippen molar-refractivity contribution in [1.82, 2.24) is 0 Å². The highest BCUT2D eigenvalue weighted by molar-refractivity contribution is 6.12. The Morgan fingerprint density at radius 1 is 0.241 bits per heavy atom. The second-order valence-electron chi connectivity index (χ2n) is 21.8. The molecule has 83 heavy (non-hydrogen) atoms. The van der Waals surface area contributed by atoms with Crippen LogP contribution in [0.4, 0.5) is 17.1 Å². The second-order valence-corrected chi connectivity index (χ2v) is 21.8. The van der Waals surface area contributed by atoms with Gasteiger partial charge in [0.2, 0.25) is 0 Å². The van der Waals surface area contributed by atoms with Crippen molar-refractivity contribution in [1.29, 1.82) is 0 Å². The van der Waals surface area contributed by atoms with Crippen LogP contribution < -0.4 is 4.90 Å². The smallest absolute Gasteiger partial charge is 0.143 e. The Kier molecular flexibility index (Phi) is 10.5. The lowest BCUT2D eigenvalue weighted by atomic mass is 9.66. The number of nitrogens with zero attached hydrogens (tertiary/aromatic N) is 1. The van der Waals surface area contributed by atoms with Crippen molar-refractivity contribution in [2.75, 3.05) is 4.90 Å². The minimum atomic E-state index is -0.784. The molecule has 3 aromatic heterocycles. The molecule has 0 radical (unpaired) electrons. The van der Waals surface area contributed by atoms with Crippen LogP contribution in [0.15, 0.2) is 311 Å². The topological polar surface area (TPSA) is 42.7 Å². The van der Waals surface area contributed by atoms with Crippen LogP contribution in [0.2, 0.25) is 0 Å². The molecule has 16 aromatic rings. The summed E-state index contributed by atoms with van der Waals surface area (Å²) >= 11 is 0. The third kappa shape index (κ3) is 7.19. The molecule has 1 unspecified atom stereocenters. The second kappa shape index (κ2) is 18.6. The average Bonchev–Trinajstić information content (AvgIpc) is 1.88. The van der Waals surface area contributed by atoms with E-state index in [0.29, 0.717) is 0 Å². The van der Waals surface area contributed by atoms with Gasteiger partial charge in [-0.15, -0.1) is 0 Å². The Hall–Kier alpha value is -10.9. The van der Waals surface area contributed by atoms with Crippen LogP contribution in [0.1, 0.15) is 22.3 Å². The van der Waals surface area contributed by atoms with Crippen molar-refractivity contribution >= 4 is 82.9 Å². The zero-order valence-electron chi connectivity index (χ0n) is 45.0. The summed E-state index contributed by atoms with van der Waals surface area (Å²) in [5, 5.41) is 6.67. The highest BCUT2D eigenvalue weighted by atomic mass is 16.3. The Morgan fingerprint density at radius 3 is 1.07 bits per heavy atom. The highest BCUT2D eigenvalue weighted by Crippen LogP contribution is 2.60. The Labute approximate surface area is 479 Å². The van der Waals surface area contributed by atoms with E-state index in [4.69, 9.17) is 13.3 Å². The standard InChI is InChI=1S/C79H49NO3/c1-2-16-50(17-3-1)51-34-42-55(43-35-51)79(56-44-36-52(37-45-56)59-22-12-26-67-63-19-5-9-31-72(63)81-76(59)67)70-29-8-4-18-62(70)66-25-15-30-71(75(66)79)80(57-46-38-53(39-47-57)60-23-13-27-68-64-20-6-10-32-73(64)82-77(60)68)58-48-40-54(41-49-58)61-24-14-28-69-65-21-7-11-33-74(65)83-78(61)69/h1-49H. The molecular weight excluding hydrogens is 1010 g/mol. The van der Waals surface area contributed by atoms with Gasteiger partial charge in [0.25, 0.3) is 0 Å². The van der Waals surface area contributed by atoms with E-state index in [9.17, 15) is 0 Å². The molecule has 4 nitrogen and oxygen atoms in total. The molecule has 0 aliphatic heterocycles. The van der Waals surface area contributed by atoms with Crippen molar-refractivity contribution in [2.45, 2.75) is 5.41 Å². The molecule has 4 heteroatoms. The molecule has 13 aromatic carbocycles. The van der Waals surface area contributed by atoms with Gasteiger partial charge >= 0.3 is 0 Å². The number of para-hydroxylation sites is 6. The number of anilines is 3. The van der Waals surface area contributed by atoms with E-state index < -0.39 is 5.41 Å². The van der Waals surface area contributed by atoms with E-state index in [0.717, 1.165) is 127 Å². The third-order valence-corrected chi connectivity index (χ3v) is 17.4. The summed E-state index contributed by atoms with van der Waals surface area (Å²) in [6.07, 6.45) is 0. The van der Waals surface area contributed by atoms with Gasteiger partial charge in [-0.25, -0.2) is 0 Å². The molecule has 0 fully saturated rings. The average molecular weight is 1060 g/mol. The molecule has 388 valence electrons. The Bertz CT molecular complexity index is 5030. The lowest BCUT2D eigenvalue weighted by Gasteiger charge is -2.38. The van der Waals surface area contributed by atoms with Gasteiger partial charge in [0.15, 0.2) is 0 Å². The largest absolute Gasteiger partial charge is 0.455 e. The molecule has 1 atom stereocenters. The van der Waals surface area contributed by atoms with E-state index in [2.05, 4.69) is 272 Å². The SMILES string of the molecule is c1ccc(-c2ccc(C3(c4ccc(-c5cccc6c5oc5ccccc56)cc4)c4ccccc4-c4cccc(N(c5ccc(-c6cccc7c6oc6ccccc67)cc5)c5ccc(-c6cccc7c6oc6ccccc67)cc5)c43)cc2)cc1. The van der Waals surface area contributed by atoms with Crippen molar-refractivity contribution in [2.24, 2.45) is 0 Å². The highest BCUT2D eigenvalue weighted by Gasteiger charge is 2.48. The van der Waals surface area contributed by atoms with E-state index in [1.165, 1.54) is 33.4 Å². The lowest BCUT2D eigenvalue weighted by molar-refractivity contribution is 0.669. The predicted molar refractivity (Wildman–Crippen MR) is 342 cm³/mol. The molecule has 0 spiro atoms. The molecule has 1 aliphatic rings. The monoisotopic (exact) mass is 1060 g/mol. The van der Waals surface area contributed by atoms with Crippen LogP contribution in [0.3, 0.4) is 0 Å². The van der Waals surface area contributed by atoms with E-state index >= 15 is 0 Å². The molecule has 17 rings (SSSR count). The van der Waals surface area contributed by atoms with E-state index in [-0.39, 0.29) is 0 Å². The quantitative estimate of drug-likeness (QED) is 0.144. The van der Waals surface area contributed by atoms with Crippen molar-refractivity contribution in [3.05, 3.63) is 320 Å². The summed E-state index contributed by atoms with van der Waals surface area (Å²) in [6.45, 7) is 0. The summed E-state index contributed by atoms with van der Waals surface area (Å²) in [5.41, 5.74) is 23.5. The summed E-state index contributed by atoms with van der Waals surface area (Å²) < 4.78 is 19.9. The first kappa shape index (κ1) is 46.9. The van der Waals surface area contributed by atoms with Crippen LogP contribution in [-0.4, -0.2) is 0 Å². The van der Waals surface area contributed by atoms with E-state index in [1.54, 1.807) is 0 Å². The van der Waals surface area contributed by atoms with Crippen LogP contribution in [0, 0.1) is 0 Å². The Balaban J connectivity index is 0.887. The van der Waals surface area contributed by atoms with Crippen molar-refractivity contribution in [3.8, 4) is 55.6 Å². The van der Waals surface area contributed by atoms with Gasteiger partial charge in [-0.05, 0) is 104 Å². The van der Waals surface area contributed by atoms with Crippen molar-refractivity contribution in [3.63, 3.8) is 0 Å². The van der Waals surface area contributed by atoms with Gasteiger partial charge in [0.05, 0.1) is 11.1 Å². The molecular formula is C79H49NO3. The number of benzene rings is 13. The first-order valence-corrected chi connectivity index (χ1v) is 28.4. The maximum atomic E-state index is 6.64. The van der Waals surface area contributed by atoms with Gasteiger partial charge < -0.3 is 18.2 Å². The summed E-state index contributed by atoms with van der Waals surface area (Å²) in [5.74, 6) is 0. The first-order chi connectivity index (χ1) is 41.2. The molecule has 0 saturated heterocycles. The molecule has 1 aliphatic carbocycles. The number of hydrogen-bond acceptors (Lipinski definition) is 4. The third-order valence-electron chi connectivity index (χ3n) is 17.4. The van der Waals surface area contributed by atoms with Gasteiger partial charge in [-0.3, -0.25) is 0 Å². The van der Waals surface area contributed by atoms with Gasteiger partial charge in [0.1, 0.15) is 33.5 Å². The number of rotatable bonds is 9. The lowest BCUT2D eigenvalue weighted by Crippen LogP contribution is -2.30. The molecule has 0 amide bonds. The van der Waals surface area contributed by atoms with Gasteiger partial charge in [-0.1, -0.05) is 249 Å². The predicted octanol–water partition coefficient (Wildman–Crippen LogP) is 21.9. The zero-order valence-corrected chi connectivity index (χ0v) is 45.0. The Morgan fingerprint density at radius 2 is 0.590 bits per heavy atom. The molecule has 0 saturated carbocycles. The fraction of sp³-hybridized carbons (Fsp3) is 0.0127. The summed E-state index contributed by atoms with van der Waals surface area (Å²) in [7, 11) is 0. The number of fused-ring (bicyclic) bond motifs is 12.